The predicted molar refractivity (Wildman–Crippen MR) is 90.7 cm³/mol. The number of sulfone groups is 1. The van der Waals surface area contributed by atoms with E-state index >= 15 is 0 Å². The minimum Gasteiger partial charge on any atom is -0.492 e. The molecule has 21 heavy (non-hydrogen) atoms. The lowest BCUT2D eigenvalue weighted by Crippen LogP contribution is -2.32. The minimum absolute atomic E-state index is 0.0188. The maximum atomic E-state index is 12.1. The van der Waals surface area contributed by atoms with Crippen LogP contribution in [0.1, 0.15) is 31.9 Å². The monoisotopic (exact) mass is 377 g/mol. The number of hydrogen-bond donors (Lipinski definition) is 1. The van der Waals surface area contributed by atoms with Crippen molar-refractivity contribution < 1.29 is 13.2 Å². The molecule has 0 bridgehead atoms. The molecule has 0 fully saturated rings. The molecule has 120 valence electrons. The van der Waals surface area contributed by atoms with Gasteiger partial charge in [-0.1, -0.05) is 15.9 Å². The average molecular weight is 378 g/mol. The number of nitrogens with one attached hydrogen (secondary N) is 1. The number of halogens is 1. The van der Waals surface area contributed by atoms with Crippen molar-refractivity contribution in [3.8, 4) is 5.75 Å². The smallest absolute Gasteiger partial charge is 0.158 e. The third-order valence-corrected chi connectivity index (χ3v) is 6.24. The average Bonchev–Trinajstić information content (AvgIpc) is 2.31. The highest BCUT2D eigenvalue weighted by Gasteiger charge is 2.28. The van der Waals surface area contributed by atoms with Gasteiger partial charge >= 0.3 is 0 Å². The van der Waals surface area contributed by atoms with Crippen LogP contribution in [0, 0.1) is 6.92 Å². The van der Waals surface area contributed by atoms with Gasteiger partial charge in [0, 0.05) is 16.6 Å². The van der Waals surface area contributed by atoms with Crippen molar-refractivity contribution in [3.63, 3.8) is 0 Å². The second kappa shape index (κ2) is 7.11. The summed E-state index contributed by atoms with van der Waals surface area (Å²) in [7, 11) is -1.30. The van der Waals surface area contributed by atoms with E-state index in [9.17, 15) is 8.42 Å². The maximum Gasteiger partial charge on any atom is 0.158 e. The maximum absolute atomic E-state index is 12.1. The molecule has 0 radical (unpaired) electrons. The van der Waals surface area contributed by atoms with Crippen molar-refractivity contribution in [2.24, 2.45) is 0 Å². The summed E-state index contributed by atoms with van der Waals surface area (Å²) in [5.74, 6) is 0.780. The van der Waals surface area contributed by atoms with Crippen molar-refractivity contribution in [1.82, 2.24) is 5.32 Å². The van der Waals surface area contributed by atoms with Gasteiger partial charge in [0.15, 0.2) is 9.84 Å². The van der Waals surface area contributed by atoms with Gasteiger partial charge in [-0.25, -0.2) is 8.42 Å². The first kappa shape index (κ1) is 18.5. The molecule has 1 aromatic carbocycles. The highest BCUT2D eigenvalue weighted by molar-refractivity contribution is 9.10. The molecule has 1 N–H and O–H groups in total. The Morgan fingerprint density at radius 2 is 1.90 bits per heavy atom. The topological polar surface area (TPSA) is 55.4 Å². The predicted octanol–water partition coefficient (Wildman–Crippen LogP) is 3.07. The molecule has 0 aromatic heterocycles. The van der Waals surface area contributed by atoms with E-state index in [1.54, 1.807) is 20.8 Å². The van der Waals surface area contributed by atoms with Crippen LogP contribution in [0.15, 0.2) is 16.6 Å². The highest BCUT2D eigenvalue weighted by Crippen LogP contribution is 2.28. The molecular weight excluding hydrogens is 354 g/mol. The summed E-state index contributed by atoms with van der Waals surface area (Å²) in [6, 6.07) is 3.95. The molecule has 0 saturated carbocycles. The fourth-order valence-corrected chi connectivity index (χ4v) is 3.42. The molecule has 1 rings (SSSR count). The number of aryl methyl sites for hydroxylation is 1. The first-order valence-corrected chi connectivity index (χ1v) is 9.31. The summed E-state index contributed by atoms with van der Waals surface area (Å²) in [5, 5.41) is 3.09. The van der Waals surface area contributed by atoms with E-state index in [4.69, 9.17) is 4.74 Å². The molecule has 0 amide bonds. The van der Waals surface area contributed by atoms with Gasteiger partial charge < -0.3 is 10.1 Å². The van der Waals surface area contributed by atoms with Crippen molar-refractivity contribution in [3.05, 3.63) is 27.7 Å². The number of ether oxygens (including phenoxy) is 1. The van der Waals surface area contributed by atoms with E-state index in [1.807, 2.05) is 26.1 Å². The second-order valence-electron chi connectivity index (χ2n) is 6.02. The summed E-state index contributed by atoms with van der Waals surface area (Å²) in [6.07, 6.45) is 0. The van der Waals surface area contributed by atoms with Crippen LogP contribution < -0.4 is 10.1 Å². The van der Waals surface area contributed by atoms with Gasteiger partial charge in [-0.15, -0.1) is 0 Å². The molecule has 6 heteroatoms. The van der Waals surface area contributed by atoms with Gasteiger partial charge in [-0.05, 0) is 52.4 Å². The highest BCUT2D eigenvalue weighted by atomic mass is 79.9. The quantitative estimate of drug-likeness (QED) is 0.827. The molecule has 4 nitrogen and oxygen atoms in total. The van der Waals surface area contributed by atoms with Crippen LogP contribution in [0.3, 0.4) is 0 Å². The summed E-state index contributed by atoms with van der Waals surface area (Å²) >= 11 is 3.46. The van der Waals surface area contributed by atoms with Crippen molar-refractivity contribution in [1.29, 1.82) is 0 Å². The van der Waals surface area contributed by atoms with Crippen molar-refractivity contribution >= 4 is 25.8 Å². The lowest BCUT2D eigenvalue weighted by atomic mass is 10.1. The first-order chi connectivity index (χ1) is 9.58. The van der Waals surface area contributed by atoms with Crippen molar-refractivity contribution in [2.75, 3.05) is 19.4 Å². The molecule has 0 spiro atoms. The largest absolute Gasteiger partial charge is 0.492 e. The summed E-state index contributed by atoms with van der Waals surface area (Å²) in [4.78, 5) is 0. The molecule has 0 unspecified atom stereocenters. The number of rotatable bonds is 6. The van der Waals surface area contributed by atoms with Crippen LogP contribution in [-0.4, -0.2) is 32.6 Å². The Morgan fingerprint density at radius 3 is 2.43 bits per heavy atom. The Morgan fingerprint density at radius 1 is 1.29 bits per heavy atom. The molecule has 1 aromatic rings. The number of benzene rings is 1. The van der Waals surface area contributed by atoms with E-state index in [0.717, 1.165) is 21.3 Å². The molecule has 0 aliphatic carbocycles. The summed E-state index contributed by atoms with van der Waals surface area (Å²) in [6.45, 7) is 7.91. The van der Waals surface area contributed by atoms with Crippen LogP contribution in [0.4, 0.5) is 0 Å². The van der Waals surface area contributed by atoms with Crippen molar-refractivity contribution in [2.45, 2.75) is 39.0 Å². The Hall–Kier alpha value is -0.590. The van der Waals surface area contributed by atoms with E-state index in [0.29, 0.717) is 6.54 Å². The van der Waals surface area contributed by atoms with E-state index < -0.39 is 14.6 Å². The second-order valence-corrected chi connectivity index (χ2v) is 9.80. The van der Waals surface area contributed by atoms with Gasteiger partial charge in [0.1, 0.15) is 12.4 Å². The molecule has 0 saturated heterocycles. The Balaban J connectivity index is 2.85. The van der Waals surface area contributed by atoms with Crippen LogP contribution in [0.5, 0.6) is 5.75 Å². The van der Waals surface area contributed by atoms with Crippen LogP contribution in [0.2, 0.25) is 0 Å². The zero-order valence-electron chi connectivity index (χ0n) is 13.3. The third kappa shape index (κ3) is 4.97. The summed E-state index contributed by atoms with van der Waals surface area (Å²) < 4.78 is 30.2. The SMILES string of the molecule is CNCc1cc(Br)cc(C)c1OCCS(=O)(=O)C(C)(C)C. The number of hydrogen-bond acceptors (Lipinski definition) is 4. The Labute approximate surface area is 136 Å². The van der Waals surface area contributed by atoms with Gasteiger partial charge in [0.2, 0.25) is 0 Å². The molecule has 0 heterocycles. The summed E-state index contributed by atoms with van der Waals surface area (Å²) in [5.41, 5.74) is 2.00. The minimum atomic E-state index is -3.16. The van der Waals surface area contributed by atoms with E-state index in [2.05, 4.69) is 21.2 Å². The first-order valence-electron chi connectivity index (χ1n) is 6.87. The van der Waals surface area contributed by atoms with Gasteiger partial charge in [-0.2, -0.15) is 0 Å². The van der Waals surface area contributed by atoms with Crippen LogP contribution >= 0.6 is 15.9 Å². The van der Waals surface area contributed by atoms with E-state index in [1.165, 1.54) is 0 Å². The molecule has 0 aliphatic heterocycles. The lowest BCUT2D eigenvalue weighted by molar-refractivity contribution is 0.333. The Kier molecular flexibility index (Phi) is 6.25. The zero-order valence-corrected chi connectivity index (χ0v) is 15.7. The fraction of sp³-hybridized carbons (Fsp3) is 0.600. The zero-order chi connectivity index (χ0) is 16.3. The van der Waals surface area contributed by atoms with E-state index in [-0.39, 0.29) is 12.4 Å². The Bertz CT molecular complexity index is 592. The molecule has 0 atom stereocenters. The van der Waals surface area contributed by atoms with Crippen LogP contribution in [-0.2, 0) is 16.4 Å². The third-order valence-electron chi connectivity index (χ3n) is 3.22. The van der Waals surface area contributed by atoms with Gasteiger partial charge in [-0.3, -0.25) is 0 Å². The normalized spacial score (nSPS) is 12.5. The molecule has 0 aliphatic rings. The van der Waals surface area contributed by atoms with Gasteiger partial charge in [0.25, 0.3) is 0 Å². The van der Waals surface area contributed by atoms with Gasteiger partial charge in [0.05, 0.1) is 10.5 Å². The van der Waals surface area contributed by atoms with Crippen LogP contribution in [0.25, 0.3) is 0 Å². The standard InChI is InChI=1S/C15H24BrNO3S/c1-11-8-13(16)9-12(10-17-5)14(11)20-6-7-21(18,19)15(2,3)4/h8-9,17H,6-7,10H2,1-5H3. The fourth-order valence-electron chi connectivity index (χ4n) is 1.89. The lowest BCUT2D eigenvalue weighted by Gasteiger charge is -2.20. The molecular formula is C15H24BrNO3S.